The van der Waals surface area contributed by atoms with Gasteiger partial charge in [-0.25, -0.2) is 4.98 Å². The van der Waals surface area contributed by atoms with E-state index in [0.717, 1.165) is 41.4 Å². The largest absolute Gasteiger partial charge is 0.496 e. The van der Waals surface area contributed by atoms with Crippen LogP contribution in [0.25, 0.3) is 0 Å². The Hall–Kier alpha value is -1.10. The number of hydrogen-bond donors (Lipinski definition) is 1. The highest BCUT2D eigenvalue weighted by Gasteiger charge is 2.18. The molecule has 0 saturated carbocycles. The Bertz CT molecular complexity index is 585. The number of ether oxygens (including phenoxy) is 1. The van der Waals surface area contributed by atoms with Gasteiger partial charge in [-0.1, -0.05) is 24.6 Å². The molecule has 1 N–H and O–H groups in total. The van der Waals surface area contributed by atoms with Gasteiger partial charge in [0, 0.05) is 34.1 Å². The quantitative estimate of drug-likeness (QED) is 0.819. The maximum atomic E-state index is 6.06. The van der Waals surface area contributed by atoms with Crippen LogP contribution in [0.2, 0.25) is 5.02 Å². The van der Waals surface area contributed by atoms with Crippen molar-refractivity contribution in [1.82, 2.24) is 10.3 Å². The number of benzene rings is 1. The van der Waals surface area contributed by atoms with Crippen molar-refractivity contribution in [3.8, 4) is 5.75 Å². The van der Waals surface area contributed by atoms with E-state index in [1.165, 1.54) is 0 Å². The molecule has 0 radical (unpaired) electrons. The zero-order chi connectivity index (χ0) is 15.2. The second-order valence-corrected chi connectivity index (χ2v) is 6.36. The molecule has 21 heavy (non-hydrogen) atoms. The van der Waals surface area contributed by atoms with Crippen LogP contribution in [0.1, 0.15) is 35.7 Å². The molecule has 0 saturated heterocycles. The molecule has 0 bridgehead atoms. The van der Waals surface area contributed by atoms with E-state index in [2.05, 4.69) is 22.6 Å². The Kier molecular flexibility index (Phi) is 6.03. The summed E-state index contributed by atoms with van der Waals surface area (Å²) in [5.41, 5.74) is 2.20. The molecule has 0 amide bonds. The lowest BCUT2D eigenvalue weighted by molar-refractivity contribution is 0.398. The van der Waals surface area contributed by atoms with Crippen molar-refractivity contribution >= 4 is 22.9 Å². The Morgan fingerprint density at radius 3 is 2.86 bits per heavy atom. The third-order valence-corrected chi connectivity index (χ3v) is 4.48. The Labute approximate surface area is 135 Å². The normalized spacial score (nSPS) is 12.4. The zero-order valence-corrected chi connectivity index (χ0v) is 14.2. The van der Waals surface area contributed by atoms with Gasteiger partial charge in [-0.3, -0.25) is 0 Å². The number of rotatable bonds is 7. The first kappa shape index (κ1) is 16.3. The number of aromatic nitrogens is 1. The highest BCUT2D eigenvalue weighted by Crippen LogP contribution is 2.31. The Balaban J connectivity index is 2.26. The maximum absolute atomic E-state index is 6.06. The van der Waals surface area contributed by atoms with Gasteiger partial charge in [0.1, 0.15) is 5.75 Å². The van der Waals surface area contributed by atoms with Gasteiger partial charge >= 0.3 is 0 Å². The fraction of sp³-hybridized carbons (Fsp3) is 0.438. The standard InChI is InChI=1S/C16H21ClN2OS/c1-4-7-18-14(9-16-19-11(2)10-21-16)13-6-5-12(17)8-15(13)20-3/h5-6,8,10,14,18H,4,7,9H2,1-3H3. The molecular formula is C16H21ClN2OS. The van der Waals surface area contributed by atoms with E-state index in [-0.39, 0.29) is 6.04 Å². The summed E-state index contributed by atoms with van der Waals surface area (Å²) >= 11 is 7.76. The predicted molar refractivity (Wildman–Crippen MR) is 89.6 cm³/mol. The molecule has 114 valence electrons. The van der Waals surface area contributed by atoms with Gasteiger partial charge in [0.2, 0.25) is 0 Å². The van der Waals surface area contributed by atoms with Crippen molar-refractivity contribution in [3.63, 3.8) is 0 Å². The van der Waals surface area contributed by atoms with E-state index in [0.29, 0.717) is 5.02 Å². The second-order valence-electron chi connectivity index (χ2n) is 4.98. The smallest absolute Gasteiger partial charge is 0.125 e. The van der Waals surface area contributed by atoms with Crippen LogP contribution in [0.5, 0.6) is 5.75 Å². The van der Waals surface area contributed by atoms with Crippen LogP contribution in [0, 0.1) is 6.92 Å². The van der Waals surface area contributed by atoms with E-state index >= 15 is 0 Å². The molecule has 1 heterocycles. The predicted octanol–water partition coefficient (Wildman–Crippen LogP) is 4.40. The molecule has 1 atom stereocenters. The molecule has 3 nitrogen and oxygen atoms in total. The number of hydrogen-bond acceptors (Lipinski definition) is 4. The number of nitrogens with zero attached hydrogens (tertiary/aromatic N) is 1. The van der Waals surface area contributed by atoms with E-state index < -0.39 is 0 Å². The molecule has 0 aliphatic rings. The van der Waals surface area contributed by atoms with Crippen molar-refractivity contribution in [2.24, 2.45) is 0 Å². The fourth-order valence-electron chi connectivity index (χ4n) is 2.25. The van der Waals surface area contributed by atoms with Crippen LogP contribution in [0.3, 0.4) is 0 Å². The number of aryl methyl sites for hydroxylation is 1. The van der Waals surface area contributed by atoms with Crippen molar-refractivity contribution in [1.29, 1.82) is 0 Å². The molecule has 1 aromatic heterocycles. The molecule has 0 spiro atoms. The van der Waals surface area contributed by atoms with Crippen LogP contribution in [0.15, 0.2) is 23.6 Å². The number of methoxy groups -OCH3 is 1. The highest BCUT2D eigenvalue weighted by molar-refractivity contribution is 7.09. The first-order chi connectivity index (χ1) is 10.1. The lowest BCUT2D eigenvalue weighted by Gasteiger charge is -2.20. The molecule has 2 rings (SSSR count). The maximum Gasteiger partial charge on any atom is 0.125 e. The molecular weight excluding hydrogens is 304 g/mol. The van der Waals surface area contributed by atoms with Gasteiger partial charge in [0.25, 0.3) is 0 Å². The van der Waals surface area contributed by atoms with Crippen LogP contribution in [-0.2, 0) is 6.42 Å². The van der Waals surface area contributed by atoms with E-state index in [1.807, 2.05) is 25.1 Å². The lowest BCUT2D eigenvalue weighted by Crippen LogP contribution is -2.24. The average Bonchev–Trinajstić information content (AvgIpc) is 2.88. The van der Waals surface area contributed by atoms with Crippen LogP contribution >= 0.6 is 22.9 Å². The van der Waals surface area contributed by atoms with Gasteiger partial charge in [-0.05, 0) is 32.0 Å². The summed E-state index contributed by atoms with van der Waals surface area (Å²) in [7, 11) is 1.68. The summed E-state index contributed by atoms with van der Waals surface area (Å²) in [6, 6.07) is 6.00. The van der Waals surface area contributed by atoms with Crippen LogP contribution in [0.4, 0.5) is 0 Å². The molecule has 2 aromatic rings. The monoisotopic (exact) mass is 324 g/mol. The van der Waals surface area contributed by atoms with Crippen molar-refractivity contribution in [3.05, 3.63) is 44.9 Å². The van der Waals surface area contributed by atoms with Crippen molar-refractivity contribution in [2.45, 2.75) is 32.7 Å². The minimum atomic E-state index is 0.183. The van der Waals surface area contributed by atoms with Gasteiger partial charge in [0.15, 0.2) is 0 Å². The SMILES string of the molecule is CCCNC(Cc1nc(C)cs1)c1ccc(Cl)cc1OC. The zero-order valence-electron chi connectivity index (χ0n) is 12.6. The summed E-state index contributed by atoms with van der Waals surface area (Å²) in [5, 5.41) is 7.50. The first-order valence-electron chi connectivity index (χ1n) is 7.11. The second kappa shape index (κ2) is 7.78. The summed E-state index contributed by atoms with van der Waals surface area (Å²) in [6.07, 6.45) is 1.94. The molecule has 0 aliphatic heterocycles. The topological polar surface area (TPSA) is 34.2 Å². The third-order valence-electron chi connectivity index (χ3n) is 3.26. The molecule has 1 unspecified atom stereocenters. The van der Waals surface area contributed by atoms with Gasteiger partial charge in [0.05, 0.1) is 12.1 Å². The van der Waals surface area contributed by atoms with E-state index in [9.17, 15) is 0 Å². The number of nitrogens with one attached hydrogen (secondary N) is 1. The first-order valence-corrected chi connectivity index (χ1v) is 8.37. The third kappa shape index (κ3) is 4.43. The fourth-order valence-corrected chi connectivity index (χ4v) is 3.24. The van der Waals surface area contributed by atoms with Gasteiger partial charge in [-0.15, -0.1) is 11.3 Å². The number of thiazole rings is 1. The lowest BCUT2D eigenvalue weighted by atomic mass is 10.0. The van der Waals surface area contributed by atoms with Crippen molar-refractivity contribution < 1.29 is 4.74 Å². The summed E-state index contributed by atoms with van der Waals surface area (Å²) in [6.45, 7) is 5.15. The minimum Gasteiger partial charge on any atom is -0.496 e. The molecule has 0 aliphatic carbocycles. The Morgan fingerprint density at radius 2 is 2.24 bits per heavy atom. The van der Waals surface area contributed by atoms with Crippen LogP contribution in [-0.4, -0.2) is 18.6 Å². The Morgan fingerprint density at radius 1 is 1.43 bits per heavy atom. The highest BCUT2D eigenvalue weighted by atomic mass is 35.5. The van der Waals surface area contributed by atoms with Gasteiger partial charge in [-0.2, -0.15) is 0 Å². The number of halogens is 1. The molecule has 0 fully saturated rings. The van der Waals surface area contributed by atoms with Crippen molar-refractivity contribution in [2.75, 3.05) is 13.7 Å². The van der Waals surface area contributed by atoms with Crippen LogP contribution < -0.4 is 10.1 Å². The minimum absolute atomic E-state index is 0.183. The summed E-state index contributed by atoms with van der Waals surface area (Å²) < 4.78 is 5.49. The average molecular weight is 325 g/mol. The summed E-state index contributed by atoms with van der Waals surface area (Å²) in [5.74, 6) is 0.824. The summed E-state index contributed by atoms with van der Waals surface area (Å²) in [4.78, 5) is 4.57. The van der Waals surface area contributed by atoms with E-state index in [4.69, 9.17) is 16.3 Å². The van der Waals surface area contributed by atoms with Gasteiger partial charge < -0.3 is 10.1 Å². The van der Waals surface area contributed by atoms with E-state index in [1.54, 1.807) is 18.4 Å². The molecule has 5 heteroatoms. The molecule has 1 aromatic carbocycles.